The van der Waals surface area contributed by atoms with E-state index in [1.54, 1.807) is 19.1 Å². The van der Waals surface area contributed by atoms with Crippen LogP contribution in [0.2, 0.25) is 0 Å². The van der Waals surface area contributed by atoms with Crippen molar-refractivity contribution in [1.29, 1.82) is 0 Å². The zero-order valence-electron chi connectivity index (χ0n) is 34.0. The number of allylic oxidation sites excluding steroid dienone is 3. The van der Waals surface area contributed by atoms with Crippen LogP contribution in [0.3, 0.4) is 0 Å². The van der Waals surface area contributed by atoms with Gasteiger partial charge in [0, 0.05) is 11.1 Å². The molecule has 10 aromatic rings. The number of terminal acetylenes is 1. The molecule has 0 aromatic heterocycles. The van der Waals surface area contributed by atoms with E-state index < -0.39 is 67.3 Å². The Morgan fingerprint density at radius 1 is 0.485 bits per heavy atom. The largest absolute Gasteiger partial charge is 0.290 e. The highest BCUT2D eigenvalue weighted by atomic mass is 127. The van der Waals surface area contributed by atoms with Gasteiger partial charge in [-0.05, 0) is 118 Å². The second-order valence-electron chi connectivity index (χ2n) is 14.3. The summed E-state index contributed by atoms with van der Waals surface area (Å²) < 4.78 is 129. The van der Waals surface area contributed by atoms with Crippen molar-refractivity contribution >= 4 is 93.0 Å². The van der Waals surface area contributed by atoms with Crippen LogP contribution in [0.5, 0.6) is 0 Å². The van der Waals surface area contributed by atoms with Gasteiger partial charge in [-0.3, -0.25) is 4.79 Å². The lowest BCUT2D eigenvalue weighted by molar-refractivity contribution is -0.110. The van der Waals surface area contributed by atoms with E-state index in [2.05, 4.69) is 72.9 Å². The van der Waals surface area contributed by atoms with Crippen LogP contribution in [-0.2, 0) is 4.79 Å². The van der Waals surface area contributed by atoms with Gasteiger partial charge in [0.1, 0.15) is 5.56 Å². The fourth-order valence-electron chi connectivity index (χ4n) is 7.36. The number of hydrogen-bond acceptors (Lipinski definition) is 1. The van der Waals surface area contributed by atoms with Crippen molar-refractivity contribution in [3.05, 3.63) is 212 Å². The fraction of sp³-hybridized carbons (Fsp3) is 0.0185. The minimum atomic E-state index is -2.20. The quantitative estimate of drug-likeness (QED) is 0.0321. The zero-order chi connectivity index (χ0) is 47.6. The lowest BCUT2D eigenvalue weighted by Crippen LogP contribution is -2.04. The Balaban J connectivity index is 0.000000149. The molecule has 0 amide bonds. The maximum Gasteiger partial charge on any atom is 0.200 e. The molecule has 326 valence electrons. The average molecular weight is 1010 g/mol. The summed E-state index contributed by atoms with van der Waals surface area (Å²) in [5, 5.41) is 13.3. The zero-order valence-corrected chi connectivity index (χ0v) is 36.1. The van der Waals surface area contributed by atoms with E-state index >= 15 is 0 Å². The number of rotatable bonds is 2. The summed E-state index contributed by atoms with van der Waals surface area (Å²) in [5.74, 6) is -12.2. The van der Waals surface area contributed by atoms with E-state index in [9.17, 15) is 48.7 Å². The van der Waals surface area contributed by atoms with Crippen LogP contribution in [0, 0.1) is 85.9 Å². The molecule has 0 spiro atoms. The van der Waals surface area contributed by atoms with Gasteiger partial charge in [0.15, 0.2) is 52.3 Å². The Hall–Kier alpha value is -7.42. The number of halogens is 11. The molecule has 12 heteroatoms. The molecule has 0 saturated heterocycles. The molecular weight excluding hydrogens is 981 g/mol. The summed E-state index contributed by atoms with van der Waals surface area (Å²) in [5.41, 5.74) is 0.257. The summed E-state index contributed by atoms with van der Waals surface area (Å²) in [6, 6.07) is 36.3. The Morgan fingerprint density at radius 3 is 1.23 bits per heavy atom. The van der Waals surface area contributed by atoms with Crippen LogP contribution in [-0.4, -0.2) is 5.78 Å². The van der Waals surface area contributed by atoms with E-state index in [4.69, 9.17) is 6.42 Å². The molecule has 0 bridgehead atoms. The van der Waals surface area contributed by atoms with E-state index in [1.165, 1.54) is 44.5 Å². The molecule has 10 aromatic carbocycles. The molecule has 0 N–H and O–H groups in total. The summed E-state index contributed by atoms with van der Waals surface area (Å²) in [6.45, 7) is 5.07. The Labute approximate surface area is 383 Å². The van der Waals surface area contributed by atoms with Crippen LogP contribution < -0.4 is 0 Å². The molecule has 0 heterocycles. The molecule has 10 rings (SSSR count). The lowest BCUT2D eigenvalue weighted by atomic mass is 9.92. The van der Waals surface area contributed by atoms with Gasteiger partial charge >= 0.3 is 0 Å². The van der Waals surface area contributed by atoms with Crippen molar-refractivity contribution in [2.24, 2.45) is 0 Å². The van der Waals surface area contributed by atoms with Crippen molar-refractivity contribution in [2.45, 2.75) is 6.92 Å². The van der Waals surface area contributed by atoms with Gasteiger partial charge in [0.05, 0.1) is 3.57 Å². The molecule has 0 radical (unpaired) electrons. The summed E-state index contributed by atoms with van der Waals surface area (Å²) >= 11 is 1.04. The first-order valence-corrected chi connectivity index (χ1v) is 20.5. The normalized spacial score (nSPS) is 11.0. The Bertz CT molecular complexity index is 3520. The van der Waals surface area contributed by atoms with Crippen molar-refractivity contribution in [1.82, 2.24) is 0 Å². The van der Waals surface area contributed by atoms with Gasteiger partial charge in [0.2, 0.25) is 11.6 Å². The maximum absolute atomic E-state index is 13.9. The van der Waals surface area contributed by atoms with Crippen LogP contribution >= 0.6 is 22.6 Å². The lowest BCUT2D eigenvalue weighted by Gasteiger charge is -2.11. The average Bonchev–Trinajstić information content (AvgIpc) is 3.35. The number of carbonyl (C=O) groups excluding carboxylic acids is 1. The molecule has 0 saturated carbocycles. The number of benzene rings is 10. The minimum absolute atomic E-state index is 0.0394. The maximum atomic E-state index is 13.9. The van der Waals surface area contributed by atoms with E-state index in [1.807, 2.05) is 54.6 Å². The topological polar surface area (TPSA) is 17.1 Å². The molecule has 0 atom stereocenters. The van der Waals surface area contributed by atoms with Gasteiger partial charge in [-0.25, -0.2) is 43.9 Å². The third kappa shape index (κ3) is 8.60. The van der Waals surface area contributed by atoms with Gasteiger partial charge in [-0.15, -0.1) is 6.42 Å². The van der Waals surface area contributed by atoms with Gasteiger partial charge in [-0.1, -0.05) is 127 Å². The Kier molecular flexibility index (Phi) is 13.7. The summed E-state index contributed by atoms with van der Waals surface area (Å²) in [7, 11) is 0. The molecule has 0 aliphatic heterocycles. The van der Waals surface area contributed by atoms with Gasteiger partial charge in [0.25, 0.3) is 0 Å². The summed E-state index contributed by atoms with van der Waals surface area (Å²) in [4.78, 5) is 10.2. The molecular formula is C54H27F10IO. The fourth-order valence-corrected chi connectivity index (χ4v) is 7.83. The van der Waals surface area contributed by atoms with Gasteiger partial charge in [-0.2, -0.15) is 0 Å². The van der Waals surface area contributed by atoms with Gasteiger partial charge < -0.3 is 0 Å². The first kappa shape index (κ1) is 46.6. The smallest absolute Gasteiger partial charge is 0.200 e. The standard InChI is InChI=1S/C24H9F5.C18H10.C6F5I.C6H8O/c25-20-17(21(26)23(28)24(29)22(20)27)11-8-12-4-5-15-7-6-13-2-1-3-14-9-10-16(12)19(15)18(13)14;1-2-12-6-7-15-9-8-13-4-3-5-14-10-11-16(12)18(15)17(13)14;7-1-2(8)4(10)6(12)5(11)3(1)9;1-3-5-6(7)4-2/h1-7,9-10H;1,3-11H;;3-5H,2H2,1H3. The molecule has 0 aliphatic rings. The summed E-state index contributed by atoms with van der Waals surface area (Å²) in [6.07, 6.45) is 10.0. The highest BCUT2D eigenvalue weighted by Crippen LogP contribution is 2.37. The first-order chi connectivity index (χ1) is 31.6. The molecule has 66 heavy (non-hydrogen) atoms. The van der Waals surface area contributed by atoms with Crippen LogP contribution in [0.1, 0.15) is 23.6 Å². The molecule has 0 aliphatic carbocycles. The third-order valence-electron chi connectivity index (χ3n) is 10.4. The second-order valence-corrected chi connectivity index (χ2v) is 15.3. The highest BCUT2D eigenvalue weighted by Gasteiger charge is 2.25. The molecule has 0 fully saturated rings. The van der Waals surface area contributed by atoms with E-state index in [0.29, 0.717) is 5.56 Å². The molecule has 0 unspecified atom stereocenters. The van der Waals surface area contributed by atoms with Crippen molar-refractivity contribution in [3.8, 4) is 24.2 Å². The number of carbonyl (C=O) groups is 1. The third-order valence-corrected chi connectivity index (χ3v) is 11.4. The van der Waals surface area contributed by atoms with E-state index in [-0.39, 0.29) is 5.78 Å². The first-order valence-electron chi connectivity index (χ1n) is 19.4. The molecule has 1 nitrogen and oxygen atoms in total. The SMILES string of the molecule is C#Cc1ccc2ccc3cccc4ccc1c2c34.C=CC(=O)C=CC.Fc1c(F)c(F)c(C#Cc2ccc3ccc4cccc5ccc2c3c45)c(F)c1F.Fc1c(F)c(F)c(I)c(F)c1F. The second kappa shape index (κ2) is 19.4. The monoisotopic (exact) mass is 1010 g/mol. The minimum Gasteiger partial charge on any atom is -0.290 e. The van der Waals surface area contributed by atoms with Crippen molar-refractivity contribution < 1.29 is 48.7 Å². The number of ketones is 1. The van der Waals surface area contributed by atoms with E-state index in [0.717, 1.165) is 60.5 Å². The predicted octanol–water partition coefficient (Wildman–Crippen LogP) is 15.5. The Morgan fingerprint density at radius 2 is 0.833 bits per heavy atom. The van der Waals surface area contributed by atoms with Crippen molar-refractivity contribution in [2.75, 3.05) is 0 Å². The highest BCUT2D eigenvalue weighted by molar-refractivity contribution is 14.1. The van der Waals surface area contributed by atoms with Crippen LogP contribution in [0.15, 0.2) is 134 Å². The van der Waals surface area contributed by atoms with Crippen LogP contribution in [0.25, 0.3) is 64.6 Å². The van der Waals surface area contributed by atoms with Crippen LogP contribution in [0.4, 0.5) is 43.9 Å². The van der Waals surface area contributed by atoms with Crippen molar-refractivity contribution in [3.63, 3.8) is 0 Å². The predicted molar refractivity (Wildman–Crippen MR) is 249 cm³/mol. The number of hydrogen-bond donors (Lipinski definition) is 0.